The fourth-order valence-corrected chi connectivity index (χ4v) is 2.35. The molecule has 0 bridgehead atoms. The van der Waals surface area contributed by atoms with Crippen molar-refractivity contribution in [2.24, 2.45) is 5.10 Å². The van der Waals surface area contributed by atoms with Crippen LogP contribution in [0.4, 0.5) is 5.95 Å². The number of rotatable bonds is 4. The van der Waals surface area contributed by atoms with E-state index in [2.05, 4.69) is 50.6 Å². The number of aromatic nitrogens is 4. The highest BCUT2D eigenvalue weighted by molar-refractivity contribution is 6.04. The van der Waals surface area contributed by atoms with Crippen LogP contribution in [0.15, 0.2) is 23.3 Å². The smallest absolute Gasteiger partial charge is 0.265 e. The third-order valence-corrected chi connectivity index (χ3v) is 3.42. The van der Waals surface area contributed by atoms with E-state index in [-0.39, 0.29) is 0 Å². The molecule has 3 rings (SSSR count). The van der Waals surface area contributed by atoms with E-state index in [4.69, 9.17) is 0 Å². The molecule has 0 spiro atoms. The van der Waals surface area contributed by atoms with Crippen molar-refractivity contribution in [3.63, 3.8) is 0 Å². The summed E-state index contributed by atoms with van der Waals surface area (Å²) < 4.78 is 0. The van der Waals surface area contributed by atoms with Crippen molar-refractivity contribution in [3.8, 4) is 0 Å². The van der Waals surface area contributed by atoms with Crippen LogP contribution in [0, 0.1) is 6.92 Å². The van der Waals surface area contributed by atoms with Crippen LogP contribution < -0.4 is 5.43 Å². The molecule has 0 fully saturated rings. The summed E-state index contributed by atoms with van der Waals surface area (Å²) in [7, 11) is 0. The first-order chi connectivity index (χ1) is 10.2. The average Bonchev–Trinajstić information content (AvgIpc) is 2.85. The number of nitrogens with zero attached hydrogens (tertiary/aromatic N) is 4. The number of hydrogen-bond acceptors (Lipinski definition) is 5. The number of H-pyrrole nitrogens is 1. The molecule has 2 aromatic heterocycles. The van der Waals surface area contributed by atoms with Gasteiger partial charge in [-0.25, -0.2) is 5.43 Å². The molecule has 21 heavy (non-hydrogen) atoms. The first-order valence-corrected chi connectivity index (χ1v) is 7.10. The Morgan fingerprint density at radius 3 is 3.00 bits per heavy atom. The zero-order valence-corrected chi connectivity index (χ0v) is 12.4. The number of para-hydroxylation sites is 1. The number of hydrazone groups is 1. The summed E-state index contributed by atoms with van der Waals surface area (Å²) >= 11 is 0. The molecule has 6 heteroatoms. The van der Waals surface area contributed by atoms with Gasteiger partial charge in [-0.15, -0.1) is 10.2 Å². The number of aromatic amines is 1. The van der Waals surface area contributed by atoms with Crippen LogP contribution in [-0.2, 0) is 0 Å². The highest BCUT2D eigenvalue weighted by Gasteiger charge is 2.09. The number of fused-ring (bicyclic) bond motifs is 3. The zero-order chi connectivity index (χ0) is 14.8. The number of nitrogens with one attached hydrogen (secondary N) is 2. The molecule has 0 aliphatic heterocycles. The summed E-state index contributed by atoms with van der Waals surface area (Å²) in [4.78, 5) is 7.74. The third-order valence-electron chi connectivity index (χ3n) is 3.42. The largest absolute Gasteiger partial charge is 0.337 e. The van der Waals surface area contributed by atoms with Gasteiger partial charge in [-0.3, -0.25) is 0 Å². The Morgan fingerprint density at radius 2 is 2.19 bits per heavy atom. The SMILES string of the molecule is CCCC(C)=NNc1nnc2c(n1)[nH]c1c(C)cccc12. The summed E-state index contributed by atoms with van der Waals surface area (Å²) in [5.41, 5.74) is 7.61. The Hall–Kier alpha value is -2.50. The lowest BCUT2D eigenvalue weighted by Gasteiger charge is -1.99. The number of aryl methyl sites for hydroxylation is 1. The number of anilines is 1. The van der Waals surface area contributed by atoms with Gasteiger partial charge >= 0.3 is 0 Å². The van der Waals surface area contributed by atoms with Crippen LogP contribution in [0.5, 0.6) is 0 Å². The van der Waals surface area contributed by atoms with Gasteiger partial charge in [0.1, 0.15) is 5.52 Å². The second-order valence-electron chi connectivity index (χ2n) is 5.16. The second kappa shape index (κ2) is 5.47. The van der Waals surface area contributed by atoms with E-state index in [0.29, 0.717) is 5.95 Å². The fourth-order valence-electron chi connectivity index (χ4n) is 2.35. The van der Waals surface area contributed by atoms with Gasteiger partial charge in [0.25, 0.3) is 5.95 Å². The Morgan fingerprint density at radius 1 is 1.33 bits per heavy atom. The highest BCUT2D eigenvalue weighted by atomic mass is 15.4. The molecule has 0 saturated heterocycles. The second-order valence-corrected chi connectivity index (χ2v) is 5.16. The highest BCUT2D eigenvalue weighted by Crippen LogP contribution is 2.24. The van der Waals surface area contributed by atoms with Gasteiger partial charge in [-0.1, -0.05) is 31.5 Å². The van der Waals surface area contributed by atoms with Crippen LogP contribution in [0.3, 0.4) is 0 Å². The standard InChI is InChI=1S/C15H18N6/c1-4-6-10(3)18-20-15-17-14-13(19-21-15)11-8-5-7-9(2)12(11)16-14/h5,7-8H,4,6H2,1-3H3,(H2,16,17,20,21). The van der Waals surface area contributed by atoms with Crippen LogP contribution in [0.2, 0.25) is 0 Å². The number of hydrogen-bond donors (Lipinski definition) is 2. The van der Waals surface area contributed by atoms with E-state index in [0.717, 1.165) is 40.6 Å². The first kappa shape index (κ1) is 13.5. The van der Waals surface area contributed by atoms with Crippen molar-refractivity contribution in [3.05, 3.63) is 23.8 Å². The maximum atomic E-state index is 4.44. The molecule has 108 valence electrons. The normalized spacial score (nSPS) is 12.2. The van der Waals surface area contributed by atoms with Crippen molar-refractivity contribution in [2.45, 2.75) is 33.6 Å². The lowest BCUT2D eigenvalue weighted by atomic mass is 10.1. The Bertz CT molecular complexity index is 818. The molecule has 0 atom stereocenters. The maximum Gasteiger partial charge on any atom is 0.265 e. The fraction of sp³-hybridized carbons (Fsp3) is 0.333. The Kier molecular flexibility index (Phi) is 3.51. The average molecular weight is 282 g/mol. The molecule has 0 saturated carbocycles. The van der Waals surface area contributed by atoms with Gasteiger partial charge in [0, 0.05) is 11.1 Å². The molecule has 0 radical (unpaired) electrons. The predicted octanol–water partition coefficient (Wildman–Crippen LogP) is 3.40. The third kappa shape index (κ3) is 2.56. The van der Waals surface area contributed by atoms with Crippen molar-refractivity contribution in [1.29, 1.82) is 0 Å². The van der Waals surface area contributed by atoms with Gasteiger partial charge in [-0.2, -0.15) is 10.1 Å². The minimum atomic E-state index is 0.405. The van der Waals surface area contributed by atoms with Gasteiger partial charge in [0.2, 0.25) is 0 Å². The van der Waals surface area contributed by atoms with E-state index in [1.807, 2.05) is 19.1 Å². The maximum absolute atomic E-state index is 4.44. The minimum absolute atomic E-state index is 0.405. The van der Waals surface area contributed by atoms with Crippen LogP contribution in [0.1, 0.15) is 32.3 Å². The van der Waals surface area contributed by atoms with Crippen LogP contribution in [0.25, 0.3) is 22.1 Å². The summed E-state index contributed by atoms with van der Waals surface area (Å²) in [6, 6.07) is 6.09. The summed E-state index contributed by atoms with van der Waals surface area (Å²) in [5.74, 6) is 0.405. The first-order valence-electron chi connectivity index (χ1n) is 7.10. The molecular weight excluding hydrogens is 264 g/mol. The van der Waals surface area contributed by atoms with Crippen molar-refractivity contribution in [2.75, 3.05) is 5.43 Å². The van der Waals surface area contributed by atoms with Crippen LogP contribution >= 0.6 is 0 Å². The van der Waals surface area contributed by atoms with Crippen LogP contribution in [-0.4, -0.2) is 25.9 Å². The molecular formula is C15H18N6. The van der Waals surface area contributed by atoms with E-state index in [9.17, 15) is 0 Å². The molecule has 3 aromatic rings. The molecule has 0 unspecified atom stereocenters. The summed E-state index contributed by atoms with van der Waals surface area (Å²) in [6.45, 7) is 6.16. The van der Waals surface area contributed by atoms with Gasteiger partial charge in [0.05, 0.1) is 5.52 Å². The summed E-state index contributed by atoms with van der Waals surface area (Å²) in [5, 5.41) is 13.6. The molecule has 0 amide bonds. The van der Waals surface area contributed by atoms with E-state index >= 15 is 0 Å². The Balaban J connectivity index is 1.99. The van der Waals surface area contributed by atoms with Gasteiger partial charge < -0.3 is 4.98 Å². The van der Waals surface area contributed by atoms with Crippen molar-refractivity contribution < 1.29 is 0 Å². The van der Waals surface area contributed by atoms with Crippen molar-refractivity contribution in [1.82, 2.24) is 20.2 Å². The van der Waals surface area contributed by atoms with Crippen molar-refractivity contribution >= 4 is 33.7 Å². The Labute approximate surface area is 122 Å². The topological polar surface area (TPSA) is 78.8 Å². The van der Waals surface area contributed by atoms with E-state index < -0.39 is 0 Å². The molecule has 0 aliphatic rings. The quantitative estimate of drug-likeness (QED) is 0.568. The van der Waals surface area contributed by atoms with E-state index in [1.165, 1.54) is 5.56 Å². The van der Waals surface area contributed by atoms with Gasteiger partial charge in [0.15, 0.2) is 5.65 Å². The molecule has 1 aromatic carbocycles. The molecule has 2 heterocycles. The lowest BCUT2D eigenvalue weighted by molar-refractivity contribution is 0.970. The zero-order valence-electron chi connectivity index (χ0n) is 12.4. The number of benzene rings is 1. The lowest BCUT2D eigenvalue weighted by Crippen LogP contribution is -2.02. The molecule has 6 nitrogen and oxygen atoms in total. The summed E-state index contributed by atoms with van der Waals surface area (Å²) in [6.07, 6.45) is 2.02. The van der Waals surface area contributed by atoms with Gasteiger partial charge in [-0.05, 0) is 25.8 Å². The molecule has 2 N–H and O–H groups in total. The monoisotopic (exact) mass is 282 g/mol. The molecule has 0 aliphatic carbocycles. The van der Waals surface area contributed by atoms with E-state index in [1.54, 1.807) is 0 Å². The predicted molar refractivity (Wildman–Crippen MR) is 85.6 cm³/mol. The minimum Gasteiger partial charge on any atom is -0.337 e.